The zero-order chi connectivity index (χ0) is 19.2. The van der Waals surface area contributed by atoms with E-state index in [2.05, 4.69) is 20.5 Å². The highest BCUT2D eigenvalue weighted by molar-refractivity contribution is 8.00. The molecule has 0 radical (unpaired) electrons. The second-order valence-corrected chi connectivity index (χ2v) is 5.99. The first-order valence-electron chi connectivity index (χ1n) is 7.90. The van der Waals surface area contributed by atoms with Crippen LogP contribution < -0.4 is 20.9 Å². The molecule has 9 heteroatoms. The van der Waals surface area contributed by atoms with E-state index in [0.717, 1.165) is 28.8 Å². The second-order valence-electron chi connectivity index (χ2n) is 5.48. The molecule has 0 saturated carbocycles. The van der Waals surface area contributed by atoms with Crippen molar-refractivity contribution in [2.24, 2.45) is 10.9 Å². The zero-order valence-corrected chi connectivity index (χ0v) is 15.3. The summed E-state index contributed by atoms with van der Waals surface area (Å²) in [5.41, 5.74) is 7.92. The summed E-state index contributed by atoms with van der Waals surface area (Å²) < 4.78 is 5.22. The number of aromatic nitrogens is 3. The molecule has 1 heterocycles. The van der Waals surface area contributed by atoms with Crippen LogP contribution >= 0.6 is 11.9 Å². The molecule has 27 heavy (non-hydrogen) atoms. The SMILES string of the molecule is COc1cccc(-c2n[nH]c(-c3ccc(NC(=O)/C(N)=C/SN)cc3)n2)c1. The summed E-state index contributed by atoms with van der Waals surface area (Å²) in [4.78, 5) is 16.4. The highest BCUT2D eigenvalue weighted by Crippen LogP contribution is 2.24. The molecule has 0 spiro atoms. The molecule has 0 bridgehead atoms. The number of nitrogens with two attached hydrogens (primary N) is 2. The van der Waals surface area contributed by atoms with Crippen molar-refractivity contribution in [2.75, 3.05) is 12.4 Å². The van der Waals surface area contributed by atoms with E-state index in [1.165, 1.54) is 5.41 Å². The number of amides is 1. The number of anilines is 1. The number of carbonyl (C=O) groups is 1. The van der Waals surface area contributed by atoms with Crippen LogP contribution in [0.2, 0.25) is 0 Å². The van der Waals surface area contributed by atoms with Crippen LogP contribution in [0.4, 0.5) is 5.69 Å². The van der Waals surface area contributed by atoms with Gasteiger partial charge >= 0.3 is 0 Å². The van der Waals surface area contributed by atoms with Gasteiger partial charge in [-0.3, -0.25) is 15.0 Å². The standard InChI is InChI=1S/C18H18N6O2S/c1-26-14-4-2-3-12(9-14)17-22-16(23-24-17)11-5-7-13(8-6-11)21-18(25)15(19)10-27-20/h2-10H,19-20H2,1H3,(H,21,25)(H,22,23,24)/b15-10-. The van der Waals surface area contributed by atoms with Crippen molar-refractivity contribution in [3.63, 3.8) is 0 Å². The number of carbonyl (C=O) groups excluding carboxylic acids is 1. The molecule has 0 atom stereocenters. The minimum atomic E-state index is -0.416. The molecule has 3 aromatic rings. The summed E-state index contributed by atoms with van der Waals surface area (Å²) in [6.45, 7) is 0. The van der Waals surface area contributed by atoms with Crippen molar-refractivity contribution in [3.05, 3.63) is 59.6 Å². The molecule has 6 N–H and O–H groups in total. The fourth-order valence-electron chi connectivity index (χ4n) is 2.32. The quantitative estimate of drug-likeness (QED) is 0.380. The summed E-state index contributed by atoms with van der Waals surface area (Å²) in [5, 5.41) is 16.5. The smallest absolute Gasteiger partial charge is 0.272 e. The number of rotatable bonds is 6. The Kier molecular flexibility index (Phi) is 5.74. The van der Waals surface area contributed by atoms with Gasteiger partial charge in [-0.25, -0.2) is 4.98 Å². The Morgan fingerprint density at radius 1 is 1.22 bits per heavy atom. The van der Waals surface area contributed by atoms with E-state index in [9.17, 15) is 4.79 Å². The largest absolute Gasteiger partial charge is 0.497 e. The highest BCUT2D eigenvalue weighted by atomic mass is 32.2. The van der Waals surface area contributed by atoms with Crippen molar-refractivity contribution in [3.8, 4) is 28.5 Å². The number of methoxy groups -OCH3 is 1. The van der Waals surface area contributed by atoms with Gasteiger partial charge in [-0.2, -0.15) is 5.10 Å². The molecule has 0 aliphatic rings. The lowest BCUT2D eigenvalue weighted by atomic mass is 10.2. The Labute approximate surface area is 160 Å². The van der Waals surface area contributed by atoms with Gasteiger partial charge in [-0.05, 0) is 36.4 Å². The Balaban J connectivity index is 1.75. The second kappa shape index (κ2) is 8.39. The molecule has 0 saturated heterocycles. The molecule has 0 aliphatic heterocycles. The van der Waals surface area contributed by atoms with Gasteiger partial charge in [0.2, 0.25) is 0 Å². The molecule has 0 aliphatic carbocycles. The summed E-state index contributed by atoms with van der Waals surface area (Å²) in [7, 11) is 1.61. The van der Waals surface area contributed by atoms with Gasteiger partial charge in [0, 0.05) is 22.2 Å². The summed E-state index contributed by atoms with van der Waals surface area (Å²) in [5.74, 6) is 1.50. The lowest BCUT2D eigenvalue weighted by Crippen LogP contribution is -2.19. The van der Waals surface area contributed by atoms with Gasteiger partial charge in [0.25, 0.3) is 5.91 Å². The first-order chi connectivity index (χ1) is 13.1. The number of nitrogens with zero attached hydrogens (tertiary/aromatic N) is 2. The maximum absolute atomic E-state index is 11.9. The van der Waals surface area contributed by atoms with Gasteiger partial charge in [0.15, 0.2) is 11.6 Å². The first-order valence-corrected chi connectivity index (χ1v) is 8.85. The average Bonchev–Trinajstić information content (AvgIpc) is 3.19. The maximum atomic E-state index is 11.9. The lowest BCUT2D eigenvalue weighted by molar-refractivity contribution is -0.112. The van der Waals surface area contributed by atoms with E-state index in [-0.39, 0.29) is 5.70 Å². The molecule has 1 amide bonds. The van der Waals surface area contributed by atoms with Crippen molar-refractivity contribution in [1.82, 2.24) is 15.2 Å². The monoisotopic (exact) mass is 382 g/mol. The van der Waals surface area contributed by atoms with Crippen LogP contribution in [0.15, 0.2) is 59.6 Å². The van der Waals surface area contributed by atoms with Crippen molar-refractivity contribution >= 4 is 23.5 Å². The van der Waals surface area contributed by atoms with E-state index < -0.39 is 5.91 Å². The number of hydrogen-bond donors (Lipinski definition) is 4. The predicted molar refractivity (Wildman–Crippen MR) is 106 cm³/mol. The molecular weight excluding hydrogens is 364 g/mol. The number of nitrogens with one attached hydrogen (secondary N) is 2. The molecular formula is C18H18N6O2S. The number of H-pyrrole nitrogens is 1. The van der Waals surface area contributed by atoms with E-state index in [4.69, 9.17) is 15.6 Å². The van der Waals surface area contributed by atoms with E-state index in [1.54, 1.807) is 19.2 Å². The van der Waals surface area contributed by atoms with Crippen molar-refractivity contribution in [1.29, 1.82) is 0 Å². The van der Waals surface area contributed by atoms with Gasteiger partial charge in [0.05, 0.1) is 7.11 Å². The fraction of sp³-hybridized carbons (Fsp3) is 0.0556. The Morgan fingerprint density at radius 2 is 2.00 bits per heavy atom. The first kappa shape index (κ1) is 18.5. The van der Waals surface area contributed by atoms with Gasteiger partial charge < -0.3 is 15.8 Å². The van der Waals surface area contributed by atoms with Crippen LogP contribution in [-0.2, 0) is 4.79 Å². The summed E-state index contributed by atoms with van der Waals surface area (Å²) >= 11 is 0.876. The van der Waals surface area contributed by atoms with Crippen LogP contribution in [-0.4, -0.2) is 28.2 Å². The van der Waals surface area contributed by atoms with Crippen LogP contribution in [0.5, 0.6) is 5.75 Å². The van der Waals surface area contributed by atoms with Crippen LogP contribution in [0.1, 0.15) is 0 Å². The minimum absolute atomic E-state index is 0.0461. The lowest BCUT2D eigenvalue weighted by Gasteiger charge is -2.05. The number of benzene rings is 2. The third kappa shape index (κ3) is 4.46. The van der Waals surface area contributed by atoms with Crippen LogP contribution in [0.3, 0.4) is 0 Å². The topological polar surface area (TPSA) is 132 Å². The minimum Gasteiger partial charge on any atom is -0.497 e. The van der Waals surface area contributed by atoms with Gasteiger partial charge in [-0.1, -0.05) is 24.1 Å². The normalized spacial score (nSPS) is 11.3. The maximum Gasteiger partial charge on any atom is 0.272 e. The Hall–Kier alpha value is -3.30. The summed E-state index contributed by atoms with van der Waals surface area (Å²) in [6.07, 6.45) is 0. The fourth-order valence-corrected chi connectivity index (χ4v) is 2.58. The predicted octanol–water partition coefficient (Wildman–Crippen LogP) is 2.49. The molecule has 1 aromatic heterocycles. The van der Waals surface area contributed by atoms with E-state index in [0.29, 0.717) is 17.3 Å². The van der Waals surface area contributed by atoms with Crippen LogP contribution in [0, 0.1) is 0 Å². The Morgan fingerprint density at radius 3 is 2.70 bits per heavy atom. The van der Waals surface area contributed by atoms with Crippen LogP contribution in [0.25, 0.3) is 22.8 Å². The molecule has 0 fully saturated rings. The zero-order valence-electron chi connectivity index (χ0n) is 14.5. The molecule has 138 valence electrons. The molecule has 3 rings (SSSR count). The molecule has 8 nitrogen and oxygen atoms in total. The number of aromatic amines is 1. The number of ether oxygens (including phenoxy) is 1. The molecule has 0 unspecified atom stereocenters. The summed E-state index contributed by atoms with van der Waals surface area (Å²) in [6, 6.07) is 14.7. The highest BCUT2D eigenvalue weighted by Gasteiger charge is 2.10. The third-order valence-corrected chi connectivity index (χ3v) is 4.08. The average molecular weight is 382 g/mol. The number of hydrogen-bond acceptors (Lipinski definition) is 7. The van der Waals surface area contributed by atoms with Gasteiger partial charge in [0.1, 0.15) is 11.4 Å². The van der Waals surface area contributed by atoms with Gasteiger partial charge in [-0.15, -0.1) is 0 Å². The Bertz CT molecular complexity index is 968. The molecule has 2 aromatic carbocycles. The van der Waals surface area contributed by atoms with Crippen molar-refractivity contribution in [2.45, 2.75) is 0 Å². The van der Waals surface area contributed by atoms with Crippen molar-refractivity contribution < 1.29 is 9.53 Å². The third-order valence-electron chi connectivity index (χ3n) is 3.69. The van der Waals surface area contributed by atoms with E-state index >= 15 is 0 Å². The van der Waals surface area contributed by atoms with E-state index in [1.807, 2.05) is 36.4 Å².